The molecule has 2 heteroatoms. The first kappa shape index (κ1) is 11.3. The second kappa shape index (κ2) is 6.99. The molecule has 0 rings (SSSR count). The lowest BCUT2D eigenvalue weighted by Crippen LogP contribution is -2.20. The van der Waals surface area contributed by atoms with E-state index in [0.717, 1.165) is 31.4 Å². The molecule has 11 heavy (non-hydrogen) atoms. The Balaban J connectivity index is 3.28. The lowest BCUT2D eigenvalue weighted by atomic mass is 10.3. The molecule has 2 atom stereocenters. The van der Waals surface area contributed by atoms with Gasteiger partial charge in [-0.1, -0.05) is 31.4 Å². The van der Waals surface area contributed by atoms with Gasteiger partial charge in [0, 0.05) is 0 Å². The van der Waals surface area contributed by atoms with Crippen LogP contribution in [0.25, 0.3) is 0 Å². The number of hydrogen-bond acceptors (Lipinski definition) is 1. The molecule has 2 unspecified atom stereocenters. The van der Waals surface area contributed by atoms with Crippen LogP contribution < -0.4 is 0 Å². The smallest absolute Gasteiger partial charge is 0.112 e. The summed E-state index contributed by atoms with van der Waals surface area (Å²) in [6.45, 7) is 7.89. The van der Waals surface area contributed by atoms with Gasteiger partial charge in [0.25, 0.3) is 0 Å². The minimum atomic E-state index is -0.594. The maximum Gasteiger partial charge on any atom is 0.112 e. The summed E-state index contributed by atoms with van der Waals surface area (Å²) >= 11 is -0.594. The van der Waals surface area contributed by atoms with E-state index >= 15 is 0 Å². The van der Waals surface area contributed by atoms with Crippen LogP contribution in [0.5, 0.6) is 0 Å². The van der Waals surface area contributed by atoms with E-state index in [1.807, 2.05) is 0 Å². The molecule has 0 N–H and O–H groups in total. The molecule has 0 aliphatic heterocycles. The Morgan fingerprint density at radius 2 is 2.09 bits per heavy atom. The highest BCUT2D eigenvalue weighted by Gasteiger charge is 2.13. The molecule has 0 aromatic carbocycles. The Hall–Kier alpha value is 0.310. The number of hydrogen-bond donors (Lipinski definition) is 0. The average Bonchev–Trinajstić information content (AvgIpc) is 2.03. The van der Waals surface area contributed by atoms with Gasteiger partial charge >= 0.3 is 0 Å². The molecular weight excluding hydrogens is 156 g/mol. The summed E-state index contributed by atoms with van der Waals surface area (Å²) < 4.78 is 11.3. The van der Waals surface area contributed by atoms with Crippen LogP contribution in [-0.2, 0) is 11.2 Å². The fourth-order valence-electron chi connectivity index (χ4n) is 0.808. The van der Waals surface area contributed by atoms with Crippen molar-refractivity contribution in [1.29, 1.82) is 0 Å². The molecule has 1 nitrogen and oxygen atoms in total. The van der Waals surface area contributed by atoms with Crippen molar-refractivity contribution < 1.29 is 4.55 Å². The summed E-state index contributed by atoms with van der Waals surface area (Å²) in [4.78, 5) is 0. The third-order valence-corrected chi connectivity index (χ3v) is 3.79. The third-order valence-electron chi connectivity index (χ3n) is 1.87. The van der Waals surface area contributed by atoms with Crippen LogP contribution >= 0.6 is 0 Å². The third kappa shape index (κ3) is 5.57. The molecule has 0 saturated carbocycles. The van der Waals surface area contributed by atoms with Gasteiger partial charge < -0.3 is 4.55 Å². The number of rotatable bonds is 6. The van der Waals surface area contributed by atoms with Crippen LogP contribution in [0.15, 0.2) is 0 Å². The van der Waals surface area contributed by atoms with E-state index in [9.17, 15) is 4.55 Å². The molecule has 0 aliphatic rings. The first-order chi connectivity index (χ1) is 5.22. The lowest BCUT2D eigenvalue weighted by molar-refractivity contribution is 0.576. The van der Waals surface area contributed by atoms with Crippen molar-refractivity contribution in [3.8, 4) is 0 Å². The van der Waals surface area contributed by atoms with Crippen LogP contribution in [-0.4, -0.2) is 15.6 Å². The number of unbranched alkanes of at least 4 members (excludes halogenated alkanes) is 2. The lowest BCUT2D eigenvalue weighted by Gasteiger charge is -2.16. The van der Waals surface area contributed by atoms with Gasteiger partial charge in [0.1, 0.15) is 11.0 Å². The molecular formula is C9H19OS. The highest BCUT2D eigenvalue weighted by Crippen LogP contribution is 2.08. The van der Waals surface area contributed by atoms with E-state index in [-0.39, 0.29) is 0 Å². The molecule has 0 aromatic heterocycles. The molecule has 0 saturated heterocycles. The Labute approximate surface area is 73.8 Å². The summed E-state index contributed by atoms with van der Waals surface area (Å²) in [5.41, 5.74) is 0. The zero-order valence-corrected chi connectivity index (χ0v) is 8.45. The van der Waals surface area contributed by atoms with Crippen molar-refractivity contribution in [2.45, 2.75) is 44.8 Å². The minimum absolute atomic E-state index is 0.375. The molecule has 67 valence electrons. The SMILES string of the molecule is [CH2]CCCC[S+]([O-])C(C)CC. The maximum absolute atomic E-state index is 11.3. The first-order valence-corrected chi connectivity index (χ1v) is 5.77. The quantitative estimate of drug-likeness (QED) is 0.449. The second-order valence-corrected chi connectivity index (χ2v) is 4.84. The molecule has 0 spiro atoms. The Kier molecular flexibility index (Phi) is 7.18. The largest absolute Gasteiger partial charge is 0.616 e. The van der Waals surface area contributed by atoms with Crippen LogP contribution in [0, 0.1) is 6.92 Å². The van der Waals surface area contributed by atoms with Crippen LogP contribution in [0.4, 0.5) is 0 Å². The van der Waals surface area contributed by atoms with Gasteiger partial charge in [-0.3, -0.25) is 0 Å². The van der Waals surface area contributed by atoms with Crippen molar-refractivity contribution in [2.24, 2.45) is 0 Å². The van der Waals surface area contributed by atoms with Crippen LogP contribution in [0.3, 0.4) is 0 Å². The zero-order valence-electron chi connectivity index (χ0n) is 7.64. The summed E-state index contributed by atoms with van der Waals surface area (Å²) in [6, 6.07) is 0. The van der Waals surface area contributed by atoms with Crippen LogP contribution in [0.2, 0.25) is 0 Å². The summed E-state index contributed by atoms with van der Waals surface area (Å²) in [5, 5.41) is 0.375. The van der Waals surface area contributed by atoms with Gasteiger partial charge in [0.05, 0.1) is 0 Å². The molecule has 1 radical (unpaired) electrons. The highest BCUT2D eigenvalue weighted by molar-refractivity contribution is 7.91. The molecule has 0 aromatic rings. The Bertz CT molecular complexity index is 85.6. The van der Waals surface area contributed by atoms with E-state index in [4.69, 9.17) is 0 Å². The van der Waals surface area contributed by atoms with Gasteiger partial charge in [-0.25, -0.2) is 0 Å². The van der Waals surface area contributed by atoms with Gasteiger partial charge in [-0.2, -0.15) is 0 Å². The average molecular weight is 175 g/mol. The first-order valence-electron chi connectivity index (χ1n) is 4.38. The fourth-order valence-corrected chi connectivity index (χ4v) is 2.07. The minimum Gasteiger partial charge on any atom is -0.616 e. The summed E-state index contributed by atoms with van der Waals surface area (Å²) in [7, 11) is 0. The zero-order chi connectivity index (χ0) is 8.69. The normalized spacial score (nSPS) is 16.4. The highest BCUT2D eigenvalue weighted by atomic mass is 32.2. The standard InChI is InChI=1S/C9H19OS/c1-4-6-7-8-11(10)9(3)5-2/h9H,1,4-8H2,2-3H3. The topological polar surface area (TPSA) is 23.1 Å². The molecule has 0 bridgehead atoms. The second-order valence-electron chi connectivity index (χ2n) is 2.86. The molecule has 0 heterocycles. The predicted octanol–water partition coefficient (Wildman–Crippen LogP) is 2.54. The summed E-state index contributed by atoms with van der Waals surface area (Å²) in [5.74, 6) is 0.866. The fraction of sp³-hybridized carbons (Fsp3) is 0.889. The van der Waals surface area contributed by atoms with E-state index < -0.39 is 11.2 Å². The van der Waals surface area contributed by atoms with Gasteiger partial charge in [-0.05, 0) is 26.2 Å². The van der Waals surface area contributed by atoms with Crippen molar-refractivity contribution in [3.05, 3.63) is 6.92 Å². The maximum atomic E-state index is 11.3. The monoisotopic (exact) mass is 175 g/mol. The van der Waals surface area contributed by atoms with E-state index in [1.54, 1.807) is 0 Å². The molecule has 0 fully saturated rings. The molecule has 0 amide bonds. The van der Waals surface area contributed by atoms with Crippen molar-refractivity contribution >= 4 is 11.2 Å². The van der Waals surface area contributed by atoms with E-state index in [2.05, 4.69) is 20.8 Å². The Morgan fingerprint density at radius 1 is 1.45 bits per heavy atom. The predicted molar refractivity (Wildman–Crippen MR) is 52.0 cm³/mol. The van der Waals surface area contributed by atoms with E-state index in [1.165, 1.54) is 0 Å². The van der Waals surface area contributed by atoms with Gasteiger partial charge in [0.15, 0.2) is 0 Å². The van der Waals surface area contributed by atoms with E-state index in [0.29, 0.717) is 5.25 Å². The van der Waals surface area contributed by atoms with Crippen LogP contribution in [0.1, 0.15) is 39.5 Å². The molecule has 0 aliphatic carbocycles. The Morgan fingerprint density at radius 3 is 2.55 bits per heavy atom. The van der Waals surface area contributed by atoms with Crippen molar-refractivity contribution in [1.82, 2.24) is 0 Å². The van der Waals surface area contributed by atoms with Gasteiger partial charge in [-0.15, -0.1) is 0 Å². The van der Waals surface area contributed by atoms with Gasteiger partial charge in [0.2, 0.25) is 0 Å². The van der Waals surface area contributed by atoms with Crippen molar-refractivity contribution in [2.75, 3.05) is 5.75 Å². The van der Waals surface area contributed by atoms with Crippen molar-refractivity contribution in [3.63, 3.8) is 0 Å². The summed E-state index contributed by atoms with van der Waals surface area (Å²) in [6.07, 6.45) is 4.18.